The fraction of sp³-hybridized carbons (Fsp3) is 0.750. The first-order valence-corrected chi connectivity index (χ1v) is 6.57. The third kappa shape index (κ3) is 3.10. The summed E-state index contributed by atoms with van der Waals surface area (Å²) in [4.78, 5) is 20.6. The number of piperazine rings is 1. The molecule has 0 aliphatic carbocycles. The van der Waals surface area contributed by atoms with Crippen LogP contribution in [0.15, 0.2) is 6.33 Å². The fourth-order valence-electron chi connectivity index (χ4n) is 2.43. The van der Waals surface area contributed by atoms with Crippen molar-refractivity contribution < 1.29 is 4.79 Å². The molecule has 2 heterocycles. The van der Waals surface area contributed by atoms with Crippen LogP contribution < -0.4 is 5.32 Å². The molecular weight excluding hydrogens is 244 g/mol. The highest BCUT2D eigenvalue weighted by molar-refractivity contribution is 5.85. The van der Waals surface area contributed by atoms with Crippen LogP contribution in [0.5, 0.6) is 0 Å². The number of H-pyrrole nitrogens is 1. The fourth-order valence-corrected chi connectivity index (χ4v) is 2.43. The molecule has 0 spiro atoms. The molecule has 7 heteroatoms. The number of aromatic amines is 1. The highest BCUT2D eigenvalue weighted by Crippen LogP contribution is 2.18. The molecule has 7 nitrogen and oxygen atoms in total. The van der Waals surface area contributed by atoms with Gasteiger partial charge in [0, 0.05) is 33.2 Å². The summed E-state index contributed by atoms with van der Waals surface area (Å²) in [7, 11) is 1.80. The molecule has 19 heavy (non-hydrogen) atoms. The Balaban J connectivity index is 2.00. The zero-order valence-corrected chi connectivity index (χ0v) is 11.8. The normalized spacial score (nSPS) is 17.4. The molecule has 0 radical (unpaired) electrons. The van der Waals surface area contributed by atoms with E-state index in [2.05, 4.69) is 25.4 Å². The predicted molar refractivity (Wildman–Crippen MR) is 71.4 cm³/mol. The van der Waals surface area contributed by atoms with Gasteiger partial charge in [0.15, 0.2) is 0 Å². The zero-order chi connectivity index (χ0) is 13.9. The van der Waals surface area contributed by atoms with Crippen molar-refractivity contribution in [1.82, 2.24) is 30.3 Å². The van der Waals surface area contributed by atoms with Gasteiger partial charge in [-0.25, -0.2) is 4.98 Å². The van der Waals surface area contributed by atoms with Gasteiger partial charge in [0.1, 0.15) is 12.2 Å². The molecule has 1 aliphatic heterocycles. The number of amides is 1. The SMILES string of the molecule is CN(Cc1ncn[nH]1)C(=O)C(C)(C)N1CCNCC1. The molecule has 2 N–H and O–H groups in total. The van der Waals surface area contributed by atoms with Gasteiger partial charge >= 0.3 is 0 Å². The van der Waals surface area contributed by atoms with Crippen molar-refractivity contribution in [3.63, 3.8) is 0 Å². The number of carbonyl (C=O) groups is 1. The van der Waals surface area contributed by atoms with Crippen LogP contribution in [0, 0.1) is 0 Å². The summed E-state index contributed by atoms with van der Waals surface area (Å²) >= 11 is 0. The molecule has 1 amide bonds. The molecule has 0 atom stereocenters. The molecule has 0 aromatic carbocycles. The van der Waals surface area contributed by atoms with Crippen molar-refractivity contribution in [2.24, 2.45) is 0 Å². The van der Waals surface area contributed by atoms with E-state index < -0.39 is 5.54 Å². The largest absolute Gasteiger partial charge is 0.337 e. The summed E-state index contributed by atoms with van der Waals surface area (Å²) < 4.78 is 0. The van der Waals surface area contributed by atoms with Crippen molar-refractivity contribution in [1.29, 1.82) is 0 Å². The van der Waals surface area contributed by atoms with Gasteiger partial charge in [-0.2, -0.15) is 5.10 Å². The Morgan fingerprint density at radius 1 is 1.47 bits per heavy atom. The number of rotatable bonds is 4. The number of hydrogen-bond donors (Lipinski definition) is 2. The quantitative estimate of drug-likeness (QED) is 0.764. The van der Waals surface area contributed by atoms with Crippen molar-refractivity contribution in [2.75, 3.05) is 33.2 Å². The third-order valence-electron chi connectivity index (χ3n) is 3.63. The minimum absolute atomic E-state index is 0.103. The minimum Gasteiger partial charge on any atom is -0.337 e. The molecule has 2 rings (SSSR count). The second-order valence-corrected chi connectivity index (χ2v) is 5.39. The van der Waals surface area contributed by atoms with Crippen molar-refractivity contribution in [3.05, 3.63) is 12.2 Å². The van der Waals surface area contributed by atoms with Crippen LogP contribution in [0.25, 0.3) is 0 Å². The van der Waals surface area contributed by atoms with Gasteiger partial charge in [-0.05, 0) is 13.8 Å². The summed E-state index contributed by atoms with van der Waals surface area (Å²) in [6.07, 6.45) is 1.45. The monoisotopic (exact) mass is 266 g/mol. The summed E-state index contributed by atoms with van der Waals surface area (Å²) in [6, 6.07) is 0. The van der Waals surface area contributed by atoms with Gasteiger partial charge in [0.2, 0.25) is 5.91 Å². The van der Waals surface area contributed by atoms with Gasteiger partial charge in [-0.15, -0.1) is 0 Å². The molecule has 1 fully saturated rings. The molecule has 1 aromatic rings. The van der Waals surface area contributed by atoms with E-state index >= 15 is 0 Å². The molecule has 1 aliphatic rings. The number of carbonyl (C=O) groups excluding carboxylic acids is 1. The lowest BCUT2D eigenvalue weighted by atomic mass is 9.99. The van der Waals surface area contributed by atoms with Crippen LogP contribution in [0.3, 0.4) is 0 Å². The Kier molecular flexibility index (Phi) is 4.16. The minimum atomic E-state index is -0.489. The zero-order valence-electron chi connectivity index (χ0n) is 11.8. The standard InChI is InChI=1S/C12H22N6O/c1-12(2,18-6-4-13-5-7-18)11(19)17(3)8-10-14-9-15-16-10/h9,13H,4-8H2,1-3H3,(H,14,15,16). The highest BCUT2D eigenvalue weighted by atomic mass is 16.2. The third-order valence-corrected chi connectivity index (χ3v) is 3.63. The Morgan fingerprint density at radius 2 is 2.16 bits per heavy atom. The van der Waals surface area contributed by atoms with Crippen molar-refractivity contribution in [2.45, 2.75) is 25.9 Å². The molecule has 1 aromatic heterocycles. The van der Waals surface area contributed by atoms with Gasteiger partial charge in [-0.3, -0.25) is 14.8 Å². The molecule has 0 bridgehead atoms. The van der Waals surface area contributed by atoms with Crippen LogP contribution in [-0.4, -0.2) is 69.7 Å². The van der Waals surface area contributed by atoms with E-state index in [0.717, 1.165) is 26.2 Å². The number of nitrogens with one attached hydrogen (secondary N) is 2. The van der Waals surface area contributed by atoms with E-state index in [9.17, 15) is 4.79 Å². The predicted octanol–water partition coefficient (Wildman–Crippen LogP) is -0.553. The maximum Gasteiger partial charge on any atom is 0.242 e. The topological polar surface area (TPSA) is 77.2 Å². The summed E-state index contributed by atoms with van der Waals surface area (Å²) in [5.74, 6) is 0.803. The van der Waals surface area contributed by atoms with Crippen molar-refractivity contribution >= 4 is 5.91 Å². The first kappa shape index (κ1) is 14.0. The van der Waals surface area contributed by atoms with Crippen LogP contribution in [0.1, 0.15) is 19.7 Å². The van der Waals surface area contributed by atoms with Crippen LogP contribution in [0.2, 0.25) is 0 Å². The van der Waals surface area contributed by atoms with Crippen molar-refractivity contribution in [3.8, 4) is 0 Å². The summed E-state index contributed by atoms with van der Waals surface area (Å²) in [6.45, 7) is 8.08. The maximum atomic E-state index is 12.6. The Bertz CT molecular complexity index is 410. The number of aromatic nitrogens is 3. The molecule has 1 saturated heterocycles. The van der Waals surface area contributed by atoms with Gasteiger partial charge in [0.25, 0.3) is 0 Å². The number of likely N-dealkylation sites (N-methyl/N-ethyl adjacent to an activating group) is 1. The average Bonchev–Trinajstić information content (AvgIpc) is 2.91. The van der Waals surface area contributed by atoms with Gasteiger partial charge < -0.3 is 10.2 Å². The van der Waals surface area contributed by atoms with Gasteiger partial charge in [-0.1, -0.05) is 0 Å². The smallest absolute Gasteiger partial charge is 0.242 e. The highest BCUT2D eigenvalue weighted by Gasteiger charge is 2.37. The Morgan fingerprint density at radius 3 is 2.74 bits per heavy atom. The van der Waals surface area contributed by atoms with E-state index in [1.165, 1.54) is 6.33 Å². The Hall–Kier alpha value is -1.47. The number of hydrogen-bond acceptors (Lipinski definition) is 5. The van der Waals surface area contributed by atoms with Crippen LogP contribution in [0.4, 0.5) is 0 Å². The second kappa shape index (κ2) is 5.66. The number of nitrogens with zero attached hydrogens (tertiary/aromatic N) is 4. The summed E-state index contributed by atoms with van der Waals surface area (Å²) in [5, 5.41) is 9.87. The Labute approximate surface area is 113 Å². The van der Waals surface area contributed by atoms with E-state index in [4.69, 9.17) is 0 Å². The van der Waals surface area contributed by atoms with Crippen LogP contribution in [-0.2, 0) is 11.3 Å². The van der Waals surface area contributed by atoms with Crippen LogP contribution >= 0.6 is 0 Å². The molecular formula is C12H22N6O. The molecule has 106 valence electrons. The molecule has 0 saturated carbocycles. The summed E-state index contributed by atoms with van der Waals surface area (Å²) in [5.41, 5.74) is -0.489. The first-order valence-electron chi connectivity index (χ1n) is 6.57. The molecule has 0 unspecified atom stereocenters. The lowest BCUT2D eigenvalue weighted by molar-refractivity contribution is -0.142. The first-order chi connectivity index (χ1) is 9.01. The lowest BCUT2D eigenvalue weighted by Gasteiger charge is -2.41. The lowest BCUT2D eigenvalue weighted by Crippen LogP contribution is -2.60. The van der Waals surface area contributed by atoms with E-state index in [-0.39, 0.29) is 5.91 Å². The van der Waals surface area contributed by atoms with Gasteiger partial charge in [0.05, 0.1) is 12.1 Å². The van der Waals surface area contributed by atoms with E-state index in [1.54, 1.807) is 11.9 Å². The second-order valence-electron chi connectivity index (χ2n) is 5.39. The maximum absolute atomic E-state index is 12.6. The average molecular weight is 266 g/mol. The van der Waals surface area contributed by atoms with E-state index in [0.29, 0.717) is 12.4 Å². The van der Waals surface area contributed by atoms with E-state index in [1.807, 2.05) is 13.8 Å².